The molecule has 2 N–H and O–H groups in total. The van der Waals surface area contributed by atoms with Gasteiger partial charge >= 0.3 is 18.0 Å². The number of rotatable bonds is 5. The molecule has 2 aromatic rings. The number of carbonyl (C=O) groups excluding carboxylic acids is 3. The Morgan fingerprint density at radius 3 is 2.04 bits per heavy atom. The van der Waals surface area contributed by atoms with E-state index < -0.39 is 18.0 Å². The van der Waals surface area contributed by atoms with Crippen LogP contribution >= 0.6 is 0 Å². The van der Waals surface area contributed by atoms with Crippen molar-refractivity contribution in [2.45, 2.75) is 0 Å². The third-order valence-corrected chi connectivity index (χ3v) is 3.44. The Hall–Kier alpha value is -3.55. The smallest absolute Gasteiger partial charge is 0.339 e. The number of esters is 2. The van der Waals surface area contributed by atoms with E-state index in [4.69, 9.17) is 4.74 Å². The summed E-state index contributed by atoms with van der Waals surface area (Å²) in [6, 6.07) is 10.2. The van der Waals surface area contributed by atoms with Crippen LogP contribution in [0.25, 0.3) is 0 Å². The Kier molecular flexibility index (Phi) is 6.15. The van der Waals surface area contributed by atoms with E-state index >= 15 is 0 Å². The van der Waals surface area contributed by atoms with Crippen molar-refractivity contribution < 1.29 is 28.6 Å². The molecule has 0 atom stereocenters. The number of nitrogens with one attached hydrogen (secondary N) is 2. The van der Waals surface area contributed by atoms with Gasteiger partial charge in [0.15, 0.2) is 0 Å². The first-order chi connectivity index (χ1) is 12.5. The molecule has 0 bridgehead atoms. The minimum atomic E-state index is -0.652. The number of benzene rings is 2. The Morgan fingerprint density at radius 2 is 1.46 bits per heavy atom. The van der Waals surface area contributed by atoms with Crippen LogP contribution in [0.4, 0.5) is 16.2 Å². The fraction of sp³-hybridized carbons (Fsp3) is 0.167. The van der Waals surface area contributed by atoms with E-state index in [-0.39, 0.29) is 16.8 Å². The number of hydrogen-bond acceptors (Lipinski definition) is 6. The average Bonchev–Trinajstić information content (AvgIpc) is 2.67. The summed E-state index contributed by atoms with van der Waals surface area (Å²) in [6.07, 6.45) is 0. The second-order valence-electron chi connectivity index (χ2n) is 5.05. The minimum Gasteiger partial charge on any atom is -0.497 e. The van der Waals surface area contributed by atoms with Crippen LogP contribution in [0.5, 0.6) is 5.75 Å². The van der Waals surface area contributed by atoms with Gasteiger partial charge < -0.3 is 24.8 Å². The zero-order valence-electron chi connectivity index (χ0n) is 14.5. The van der Waals surface area contributed by atoms with Crippen LogP contribution in [0.1, 0.15) is 20.7 Å². The van der Waals surface area contributed by atoms with Gasteiger partial charge in [-0.1, -0.05) is 0 Å². The van der Waals surface area contributed by atoms with E-state index in [9.17, 15) is 14.4 Å². The number of urea groups is 1. The Labute approximate surface area is 150 Å². The van der Waals surface area contributed by atoms with Crippen LogP contribution in [0.3, 0.4) is 0 Å². The molecule has 2 aromatic carbocycles. The Morgan fingerprint density at radius 1 is 0.808 bits per heavy atom. The first kappa shape index (κ1) is 18.8. The van der Waals surface area contributed by atoms with Gasteiger partial charge in [0, 0.05) is 5.69 Å². The molecule has 26 heavy (non-hydrogen) atoms. The van der Waals surface area contributed by atoms with Crippen molar-refractivity contribution in [1.82, 2.24) is 0 Å². The maximum absolute atomic E-state index is 12.2. The lowest BCUT2D eigenvalue weighted by atomic mass is 10.1. The van der Waals surface area contributed by atoms with Gasteiger partial charge in [0.1, 0.15) is 5.75 Å². The van der Waals surface area contributed by atoms with Crippen LogP contribution in [-0.2, 0) is 9.47 Å². The zero-order chi connectivity index (χ0) is 19.1. The molecule has 0 aliphatic rings. The maximum atomic E-state index is 12.2. The number of ether oxygens (including phenoxy) is 3. The number of anilines is 2. The molecule has 0 unspecified atom stereocenters. The lowest BCUT2D eigenvalue weighted by molar-refractivity contribution is 0.0587. The summed E-state index contributed by atoms with van der Waals surface area (Å²) in [6.45, 7) is 0. The molecule has 8 nitrogen and oxygen atoms in total. The van der Waals surface area contributed by atoms with Gasteiger partial charge in [0.05, 0.1) is 38.1 Å². The molecule has 8 heteroatoms. The summed E-state index contributed by atoms with van der Waals surface area (Å²) in [5.74, 6) is -0.601. The van der Waals surface area contributed by atoms with Crippen LogP contribution in [0.15, 0.2) is 42.5 Å². The summed E-state index contributed by atoms with van der Waals surface area (Å²) in [5.41, 5.74) is 0.919. The molecular formula is C18H18N2O6. The van der Waals surface area contributed by atoms with E-state index in [2.05, 4.69) is 20.1 Å². The van der Waals surface area contributed by atoms with E-state index in [0.29, 0.717) is 11.4 Å². The van der Waals surface area contributed by atoms with Gasteiger partial charge in [-0.05, 0) is 42.5 Å². The summed E-state index contributed by atoms with van der Waals surface area (Å²) >= 11 is 0. The molecule has 0 radical (unpaired) electrons. The number of carbonyl (C=O) groups is 3. The highest BCUT2D eigenvalue weighted by molar-refractivity contribution is 6.06. The van der Waals surface area contributed by atoms with Crippen LogP contribution in [0, 0.1) is 0 Å². The highest BCUT2D eigenvalue weighted by Gasteiger charge is 2.17. The average molecular weight is 358 g/mol. The summed E-state index contributed by atoms with van der Waals surface area (Å²) in [5, 5.41) is 5.15. The van der Waals surface area contributed by atoms with E-state index in [1.54, 1.807) is 24.3 Å². The van der Waals surface area contributed by atoms with Gasteiger partial charge in [0.25, 0.3) is 0 Å². The summed E-state index contributed by atoms with van der Waals surface area (Å²) in [7, 11) is 4.00. The van der Waals surface area contributed by atoms with Crippen molar-refractivity contribution in [2.75, 3.05) is 32.0 Å². The van der Waals surface area contributed by atoms with Crippen LogP contribution < -0.4 is 15.4 Å². The summed E-state index contributed by atoms with van der Waals surface area (Å²) < 4.78 is 14.4. The third kappa shape index (κ3) is 4.50. The minimum absolute atomic E-state index is 0.102. The molecule has 2 rings (SSSR count). The molecule has 2 amide bonds. The SMILES string of the molecule is COC(=O)c1ccc(C(=O)OC)c(NC(=O)Nc2ccc(OC)cc2)c1. The maximum Gasteiger partial charge on any atom is 0.339 e. The first-order valence-corrected chi connectivity index (χ1v) is 7.51. The predicted octanol–water partition coefficient (Wildman–Crippen LogP) is 2.91. The van der Waals surface area contributed by atoms with Gasteiger partial charge in [-0.3, -0.25) is 0 Å². The second kappa shape index (κ2) is 8.52. The van der Waals surface area contributed by atoms with Crippen molar-refractivity contribution >= 4 is 29.3 Å². The Balaban J connectivity index is 2.22. The van der Waals surface area contributed by atoms with Crippen molar-refractivity contribution in [2.24, 2.45) is 0 Å². The van der Waals surface area contributed by atoms with E-state index in [1.807, 2.05) is 0 Å². The molecular weight excluding hydrogens is 340 g/mol. The molecule has 0 saturated heterocycles. The lowest BCUT2D eigenvalue weighted by Crippen LogP contribution is -2.21. The zero-order valence-corrected chi connectivity index (χ0v) is 14.5. The number of hydrogen-bond donors (Lipinski definition) is 2. The topological polar surface area (TPSA) is 103 Å². The van der Waals surface area contributed by atoms with E-state index in [0.717, 1.165) is 0 Å². The molecule has 0 saturated carbocycles. The van der Waals surface area contributed by atoms with Gasteiger partial charge in [-0.15, -0.1) is 0 Å². The van der Waals surface area contributed by atoms with Crippen molar-refractivity contribution in [1.29, 1.82) is 0 Å². The fourth-order valence-electron chi connectivity index (χ4n) is 2.14. The third-order valence-electron chi connectivity index (χ3n) is 3.44. The quantitative estimate of drug-likeness (QED) is 0.797. The normalized spacial score (nSPS) is 9.81. The fourth-order valence-corrected chi connectivity index (χ4v) is 2.14. The molecule has 0 spiro atoms. The van der Waals surface area contributed by atoms with Crippen LogP contribution in [-0.4, -0.2) is 39.3 Å². The van der Waals surface area contributed by atoms with Gasteiger partial charge in [-0.2, -0.15) is 0 Å². The second-order valence-corrected chi connectivity index (χ2v) is 5.05. The van der Waals surface area contributed by atoms with Crippen molar-refractivity contribution in [3.8, 4) is 5.75 Å². The number of methoxy groups -OCH3 is 3. The molecule has 136 valence electrons. The highest BCUT2D eigenvalue weighted by atomic mass is 16.5. The highest BCUT2D eigenvalue weighted by Crippen LogP contribution is 2.21. The van der Waals surface area contributed by atoms with E-state index in [1.165, 1.54) is 39.5 Å². The monoisotopic (exact) mass is 358 g/mol. The predicted molar refractivity (Wildman–Crippen MR) is 94.8 cm³/mol. The molecule has 0 fully saturated rings. The largest absolute Gasteiger partial charge is 0.497 e. The van der Waals surface area contributed by atoms with Gasteiger partial charge in [-0.25, -0.2) is 14.4 Å². The van der Waals surface area contributed by atoms with Crippen molar-refractivity contribution in [3.05, 3.63) is 53.6 Å². The van der Waals surface area contributed by atoms with Crippen LogP contribution in [0.2, 0.25) is 0 Å². The number of amides is 2. The molecule has 0 aliphatic heterocycles. The molecule has 0 heterocycles. The summed E-state index contributed by atoms with van der Waals surface area (Å²) in [4.78, 5) is 35.8. The Bertz CT molecular complexity index is 817. The lowest BCUT2D eigenvalue weighted by Gasteiger charge is -2.12. The standard InChI is InChI=1S/C18H18N2O6/c1-24-13-7-5-12(6-8-13)19-18(23)20-15-10-11(16(21)25-2)4-9-14(15)17(22)26-3/h4-10H,1-3H3,(H2,19,20,23). The molecule has 0 aliphatic carbocycles. The first-order valence-electron chi connectivity index (χ1n) is 7.51. The van der Waals surface area contributed by atoms with Crippen molar-refractivity contribution in [3.63, 3.8) is 0 Å². The molecule has 0 aromatic heterocycles. The van der Waals surface area contributed by atoms with Gasteiger partial charge in [0.2, 0.25) is 0 Å².